The second-order valence-electron chi connectivity index (χ2n) is 20.7. The number of epoxide rings is 2. The van der Waals surface area contributed by atoms with Crippen LogP contribution >= 0.6 is 0 Å². The third-order valence-corrected chi connectivity index (χ3v) is 15.3. The van der Waals surface area contributed by atoms with Gasteiger partial charge in [0.2, 0.25) is 0 Å². The summed E-state index contributed by atoms with van der Waals surface area (Å²) >= 11 is 0. The van der Waals surface area contributed by atoms with Crippen LogP contribution < -0.4 is 18.9 Å². The van der Waals surface area contributed by atoms with Crippen molar-refractivity contribution in [3.05, 3.63) is 264 Å². The Bertz CT molecular complexity index is 3280. The zero-order chi connectivity index (χ0) is 57.6. The van der Waals surface area contributed by atoms with Crippen molar-refractivity contribution in [1.29, 1.82) is 0 Å². The third-order valence-electron chi connectivity index (χ3n) is 15.3. The van der Waals surface area contributed by atoms with Gasteiger partial charge in [-0.1, -0.05) is 158 Å². The number of hydrogen-bond acceptors (Lipinski definition) is 12. The van der Waals surface area contributed by atoms with Crippen LogP contribution in [0.25, 0.3) is 22.3 Å². The first-order valence-corrected chi connectivity index (χ1v) is 28.6. The molecule has 4 aliphatic rings. The molecule has 0 bridgehead atoms. The summed E-state index contributed by atoms with van der Waals surface area (Å²) < 4.78 is 55.6. The van der Waals surface area contributed by atoms with E-state index in [2.05, 4.69) is 183 Å². The van der Waals surface area contributed by atoms with Gasteiger partial charge in [0.1, 0.15) is 74.8 Å². The fourth-order valence-electron chi connectivity index (χ4n) is 11.4. The van der Waals surface area contributed by atoms with Gasteiger partial charge < -0.3 is 47.4 Å². The van der Waals surface area contributed by atoms with E-state index in [0.717, 1.165) is 35.8 Å². The van der Waals surface area contributed by atoms with E-state index < -0.39 is 10.8 Å². The zero-order valence-electron chi connectivity index (χ0n) is 47.0. The Kier molecular flexibility index (Phi) is 18.4. The molecule has 0 spiro atoms. The lowest BCUT2D eigenvalue weighted by molar-refractivity contribution is -0.144. The SMILES string of the molecule is C=CCC(=O)OCCOc1ccc(C2(c3ccc(OCCOC(=O)CC=C)cc3)c3ccccc3-c3ccccc32)cc1.c1ccc2c(c1)-c1ccccc1C2(c1ccc(OCCOCC2CO2)cc1)c1ccc(OCCOCC2CO2)cc1. The maximum Gasteiger partial charge on any atom is 0.309 e. The average molecular weight is 1130 g/mol. The van der Waals surface area contributed by atoms with Crippen LogP contribution in [0.2, 0.25) is 0 Å². The van der Waals surface area contributed by atoms with Crippen molar-refractivity contribution in [3.8, 4) is 45.3 Å². The minimum atomic E-state index is -0.565. The number of fused-ring (bicyclic) bond motifs is 6. The Morgan fingerprint density at radius 3 is 0.905 bits per heavy atom. The largest absolute Gasteiger partial charge is 0.491 e. The molecule has 84 heavy (non-hydrogen) atoms. The predicted molar refractivity (Wildman–Crippen MR) is 322 cm³/mol. The molecule has 2 aliphatic carbocycles. The van der Waals surface area contributed by atoms with Crippen LogP contribution in [-0.4, -0.2) is 103 Å². The minimum Gasteiger partial charge on any atom is -0.491 e. The molecule has 428 valence electrons. The maximum absolute atomic E-state index is 11.6. The zero-order valence-corrected chi connectivity index (χ0v) is 47.0. The minimum absolute atomic E-state index is 0.171. The van der Waals surface area contributed by atoms with Crippen molar-refractivity contribution in [2.75, 3.05) is 79.3 Å². The molecule has 0 N–H and O–H groups in total. The Labute approximate surface area is 491 Å². The Balaban J connectivity index is 0.000000175. The number of benzene rings is 8. The van der Waals surface area contributed by atoms with Crippen molar-refractivity contribution >= 4 is 11.9 Å². The molecule has 2 unspecified atom stereocenters. The number of esters is 2. The van der Waals surface area contributed by atoms with Crippen LogP contribution in [0.3, 0.4) is 0 Å². The molecule has 2 saturated heterocycles. The highest BCUT2D eigenvalue weighted by Crippen LogP contribution is 2.58. The average Bonchev–Trinajstić information content (AvgIpc) is 2.26. The summed E-state index contributed by atoms with van der Waals surface area (Å²) in [6.07, 6.45) is 3.93. The molecule has 0 radical (unpaired) electrons. The summed E-state index contributed by atoms with van der Waals surface area (Å²) in [4.78, 5) is 23.1. The molecule has 12 rings (SSSR count). The van der Waals surface area contributed by atoms with Crippen molar-refractivity contribution in [2.24, 2.45) is 0 Å². The molecule has 8 aromatic rings. The summed E-state index contributed by atoms with van der Waals surface area (Å²) in [7, 11) is 0. The highest BCUT2D eigenvalue weighted by Gasteiger charge is 2.47. The molecule has 12 heteroatoms. The first-order chi connectivity index (χ1) is 41.4. The molecule has 8 aromatic carbocycles. The second kappa shape index (κ2) is 27.1. The van der Waals surface area contributed by atoms with Crippen LogP contribution in [0.4, 0.5) is 0 Å². The van der Waals surface area contributed by atoms with Gasteiger partial charge in [-0.05, 0) is 115 Å². The van der Waals surface area contributed by atoms with Gasteiger partial charge in [-0.2, -0.15) is 0 Å². The van der Waals surface area contributed by atoms with Crippen molar-refractivity contribution in [3.63, 3.8) is 0 Å². The van der Waals surface area contributed by atoms with Gasteiger partial charge in [-0.25, -0.2) is 0 Å². The number of carbonyl (C=O) groups is 2. The van der Waals surface area contributed by atoms with Crippen molar-refractivity contribution < 1.29 is 57.0 Å². The fourth-order valence-corrected chi connectivity index (χ4v) is 11.4. The molecule has 2 aliphatic heterocycles. The molecule has 2 heterocycles. The lowest BCUT2D eigenvalue weighted by Crippen LogP contribution is -2.28. The van der Waals surface area contributed by atoms with E-state index in [4.69, 9.17) is 47.4 Å². The van der Waals surface area contributed by atoms with E-state index in [-0.39, 0.29) is 63.4 Å². The standard InChI is InChI=1S/C37H34O6.C35H34O6/c1-3-9-35(38)42-25-23-40-29-19-15-27(16-20-29)37(33-13-7-5-11-31(33)32-12-6-8-14-34(32)37)28-17-21-30(22-18-28)41-24-26-43-36(39)10-4-2;1-3-7-33-31(5-1)32-6-2-4-8-34(32)35(33,25-9-13-27(14-10-25)38-19-17-36-21-29-23-40-29)26-11-15-28(16-12-26)39-20-18-37-22-30-24-41-30/h3-8,11-22H,1-2,9-10,23-26H2;1-16,29-30H,17-24H2. The Morgan fingerprint density at radius 1 is 0.381 bits per heavy atom. The van der Waals surface area contributed by atoms with Gasteiger partial charge in [-0.15, -0.1) is 13.2 Å². The number of ether oxygens (including phenoxy) is 10. The quantitative estimate of drug-likeness (QED) is 0.0200. The van der Waals surface area contributed by atoms with Crippen LogP contribution in [0.1, 0.15) is 57.3 Å². The van der Waals surface area contributed by atoms with E-state index in [1.54, 1.807) is 0 Å². The number of rotatable bonds is 28. The molecule has 0 saturated carbocycles. The van der Waals surface area contributed by atoms with Crippen LogP contribution in [0.15, 0.2) is 219 Å². The van der Waals surface area contributed by atoms with E-state index in [1.165, 1.54) is 67.8 Å². The summed E-state index contributed by atoms with van der Waals surface area (Å²) in [5, 5.41) is 0. The normalized spacial score (nSPS) is 15.8. The Morgan fingerprint density at radius 2 is 0.643 bits per heavy atom. The van der Waals surface area contributed by atoms with Gasteiger partial charge in [0.15, 0.2) is 0 Å². The van der Waals surface area contributed by atoms with Crippen LogP contribution in [0.5, 0.6) is 23.0 Å². The van der Waals surface area contributed by atoms with Gasteiger partial charge >= 0.3 is 11.9 Å². The van der Waals surface area contributed by atoms with Crippen LogP contribution in [0, 0.1) is 0 Å². The predicted octanol–water partition coefficient (Wildman–Crippen LogP) is 12.7. The maximum atomic E-state index is 11.6. The molecule has 0 aromatic heterocycles. The summed E-state index contributed by atoms with van der Waals surface area (Å²) in [5.41, 5.74) is 13.4. The lowest BCUT2D eigenvalue weighted by atomic mass is 9.68. The molecule has 2 atom stereocenters. The molecular formula is C72H68O12. The summed E-state index contributed by atoms with van der Waals surface area (Å²) in [5.74, 6) is 2.39. The van der Waals surface area contributed by atoms with E-state index in [9.17, 15) is 9.59 Å². The molecule has 12 nitrogen and oxygen atoms in total. The number of hydrogen-bond donors (Lipinski definition) is 0. The lowest BCUT2D eigenvalue weighted by Gasteiger charge is -2.34. The highest BCUT2D eigenvalue weighted by atomic mass is 16.6. The fraction of sp³-hybridized carbons (Fsp3) is 0.250. The van der Waals surface area contributed by atoms with Gasteiger partial charge in [0, 0.05) is 0 Å². The van der Waals surface area contributed by atoms with Crippen LogP contribution in [-0.2, 0) is 48.8 Å². The summed E-state index contributed by atoms with van der Waals surface area (Å²) in [6, 6.07) is 67.7. The van der Waals surface area contributed by atoms with Crippen molar-refractivity contribution in [2.45, 2.75) is 35.9 Å². The van der Waals surface area contributed by atoms with E-state index in [0.29, 0.717) is 51.1 Å². The molecule has 2 fully saturated rings. The number of carbonyl (C=O) groups excluding carboxylic acids is 2. The van der Waals surface area contributed by atoms with Crippen molar-refractivity contribution in [1.82, 2.24) is 0 Å². The highest BCUT2D eigenvalue weighted by molar-refractivity contribution is 5.87. The monoisotopic (exact) mass is 1120 g/mol. The Hall–Kier alpha value is -8.78. The third kappa shape index (κ3) is 12.7. The van der Waals surface area contributed by atoms with Gasteiger partial charge in [0.25, 0.3) is 0 Å². The molecular weight excluding hydrogens is 1060 g/mol. The second-order valence-corrected chi connectivity index (χ2v) is 20.7. The first-order valence-electron chi connectivity index (χ1n) is 28.6. The first kappa shape index (κ1) is 57.1. The molecule has 0 amide bonds. The van der Waals surface area contributed by atoms with E-state index in [1.807, 2.05) is 24.3 Å². The topological polar surface area (TPSA) is 133 Å². The van der Waals surface area contributed by atoms with Gasteiger partial charge in [0.05, 0.1) is 63.3 Å². The smallest absolute Gasteiger partial charge is 0.309 e. The van der Waals surface area contributed by atoms with E-state index >= 15 is 0 Å². The summed E-state index contributed by atoms with van der Waals surface area (Å²) in [6.45, 7) is 12.9. The van der Waals surface area contributed by atoms with Gasteiger partial charge in [-0.3, -0.25) is 9.59 Å².